The van der Waals surface area contributed by atoms with Crippen molar-refractivity contribution in [2.24, 2.45) is 0 Å². The zero-order chi connectivity index (χ0) is 15.4. The van der Waals surface area contributed by atoms with Gasteiger partial charge in [0.05, 0.1) is 12.6 Å². The second-order valence-corrected chi connectivity index (χ2v) is 5.05. The van der Waals surface area contributed by atoms with Crippen molar-refractivity contribution in [2.75, 3.05) is 0 Å². The summed E-state index contributed by atoms with van der Waals surface area (Å²) in [5, 5.41) is 9.50. The van der Waals surface area contributed by atoms with Crippen LogP contribution in [0, 0.1) is 0 Å². The summed E-state index contributed by atoms with van der Waals surface area (Å²) in [4.78, 5) is 15.9. The molecule has 4 nitrogen and oxygen atoms in total. The van der Waals surface area contributed by atoms with Gasteiger partial charge in [-0.25, -0.2) is 4.98 Å². The summed E-state index contributed by atoms with van der Waals surface area (Å²) in [6.45, 7) is 0. The minimum Gasteiger partial charge on any atom is -0.481 e. The summed E-state index contributed by atoms with van der Waals surface area (Å²) in [5.41, 5.74) is 0.731. The fraction of sp³-hybridized carbons (Fsp3) is 0.111. The minimum atomic E-state index is -0.947. The molecule has 22 heavy (non-hydrogen) atoms. The van der Waals surface area contributed by atoms with Gasteiger partial charge in [-0.05, 0) is 11.1 Å². The maximum atomic E-state index is 11.6. The zero-order valence-electron chi connectivity index (χ0n) is 11.8. The van der Waals surface area contributed by atoms with Crippen molar-refractivity contribution in [3.63, 3.8) is 0 Å². The highest BCUT2D eigenvalue weighted by Crippen LogP contribution is 2.41. The average molecular weight is 293 g/mol. The summed E-state index contributed by atoms with van der Waals surface area (Å²) >= 11 is 0. The molecule has 0 bridgehead atoms. The van der Waals surface area contributed by atoms with Gasteiger partial charge >= 0.3 is 5.97 Å². The Balaban J connectivity index is 2.30. The molecule has 0 amide bonds. The van der Waals surface area contributed by atoms with E-state index in [1.54, 1.807) is 0 Å². The van der Waals surface area contributed by atoms with Gasteiger partial charge in [0, 0.05) is 0 Å². The molecular weight excluding hydrogens is 278 g/mol. The number of benzene rings is 2. The molecule has 0 aliphatic heterocycles. The molecule has 0 radical (unpaired) electrons. The van der Waals surface area contributed by atoms with E-state index >= 15 is 0 Å². The Morgan fingerprint density at radius 3 is 1.95 bits per heavy atom. The van der Waals surface area contributed by atoms with E-state index in [0.717, 1.165) is 11.1 Å². The predicted octanol–water partition coefficient (Wildman–Crippen LogP) is 3.48. The van der Waals surface area contributed by atoms with E-state index in [1.165, 1.54) is 12.5 Å². The zero-order valence-corrected chi connectivity index (χ0v) is 11.8. The molecule has 3 rings (SSSR count). The topological polar surface area (TPSA) is 63.3 Å². The first kappa shape index (κ1) is 14.1. The Morgan fingerprint density at radius 2 is 1.55 bits per heavy atom. The maximum absolute atomic E-state index is 11.6. The van der Waals surface area contributed by atoms with Crippen LogP contribution in [0.4, 0.5) is 0 Å². The lowest BCUT2D eigenvalue weighted by molar-refractivity contribution is -0.138. The molecule has 110 valence electrons. The number of aromatic nitrogens is 1. The van der Waals surface area contributed by atoms with Crippen LogP contribution in [0.2, 0.25) is 0 Å². The number of carbonyl (C=O) groups is 1. The second-order valence-electron chi connectivity index (χ2n) is 5.05. The van der Waals surface area contributed by atoms with Crippen molar-refractivity contribution in [1.82, 2.24) is 4.98 Å². The normalized spacial score (nSPS) is 11.3. The van der Waals surface area contributed by atoms with Crippen LogP contribution in [-0.2, 0) is 10.2 Å². The summed E-state index contributed by atoms with van der Waals surface area (Å²) in [6, 6.07) is 19.0. The minimum absolute atomic E-state index is 0.137. The molecule has 1 N–H and O–H groups in total. The number of oxazole rings is 1. The Labute approximate surface area is 128 Å². The Morgan fingerprint density at radius 1 is 1.00 bits per heavy atom. The number of hydrogen-bond acceptors (Lipinski definition) is 3. The molecular formula is C18H15NO3. The van der Waals surface area contributed by atoms with Crippen LogP contribution >= 0.6 is 0 Å². The molecule has 1 aromatic heterocycles. The lowest BCUT2D eigenvalue weighted by Crippen LogP contribution is -2.32. The first-order chi connectivity index (χ1) is 10.7. The van der Waals surface area contributed by atoms with Crippen LogP contribution in [0.25, 0.3) is 0 Å². The standard InChI is InChI=1S/C18H15NO3/c20-16(21)13-18(17-19-11-12-22-17,14-7-3-1-4-8-14)15-9-5-2-6-10-15/h1-12H,13H2,(H,20,21). The highest BCUT2D eigenvalue weighted by molar-refractivity contribution is 5.72. The molecule has 0 unspecified atom stereocenters. The summed E-state index contributed by atoms with van der Waals surface area (Å²) in [5.74, 6) is -0.529. The number of carboxylic acid groups (broad SMARTS) is 1. The summed E-state index contributed by atoms with van der Waals surface area (Å²) in [7, 11) is 0. The van der Waals surface area contributed by atoms with Gasteiger partial charge in [-0.15, -0.1) is 0 Å². The lowest BCUT2D eigenvalue weighted by Gasteiger charge is -2.30. The number of carboxylic acids is 1. The van der Waals surface area contributed by atoms with Gasteiger partial charge in [-0.2, -0.15) is 0 Å². The Kier molecular flexibility index (Phi) is 3.74. The summed E-state index contributed by atoms with van der Waals surface area (Å²) < 4.78 is 5.53. The largest absolute Gasteiger partial charge is 0.481 e. The first-order valence-corrected chi connectivity index (χ1v) is 6.96. The number of aliphatic carboxylic acids is 1. The van der Waals surface area contributed by atoms with Gasteiger partial charge in [0.25, 0.3) is 0 Å². The van der Waals surface area contributed by atoms with Gasteiger partial charge in [0.1, 0.15) is 11.7 Å². The van der Waals surface area contributed by atoms with Crippen LogP contribution in [0.3, 0.4) is 0 Å². The molecule has 0 saturated carbocycles. The number of hydrogen-bond donors (Lipinski definition) is 1. The molecule has 0 aliphatic rings. The highest BCUT2D eigenvalue weighted by Gasteiger charge is 2.42. The van der Waals surface area contributed by atoms with E-state index in [2.05, 4.69) is 4.98 Å². The van der Waals surface area contributed by atoms with Gasteiger partial charge in [-0.3, -0.25) is 4.79 Å². The van der Waals surface area contributed by atoms with Gasteiger partial charge in [-0.1, -0.05) is 60.7 Å². The molecule has 3 aromatic rings. The van der Waals surface area contributed by atoms with E-state index in [0.29, 0.717) is 5.89 Å². The molecule has 2 aromatic carbocycles. The SMILES string of the molecule is O=C(O)CC(c1ccccc1)(c1ccccc1)c1ncco1. The Hall–Kier alpha value is -2.88. The van der Waals surface area contributed by atoms with E-state index < -0.39 is 11.4 Å². The molecule has 0 aliphatic carbocycles. The van der Waals surface area contributed by atoms with Crippen LogP contribution in [-0.4, -0.2) is 16.1 Å². The monoisotopic (exact) mass is 293 g/mol. The van der Waals surface area contributed by atoms with Gasteiger partial charge < -0.3 is 9.52 Å². The van der Waals surface area contributed by atoms with Crippen LogP contribution in [0.1, 0.15) is 23.4 Å². The highest BCUT2D eigenvalue weighted by atomic mass is 16.4. The maximum Gasteiger partial charge on any atom is 0.305 e. The van der Waals surface area contributed by atoms with Gasteiger partial charge in [0.15, 0.2) is 0 Å². The molecule has 0 atom stereocenters. The van der Waals surface area contributed by atoms with E-state index in [-0.39, 0.29) is 6.42 Å². The van der Waals surface area contributed by atoms with Crippen molar-refractivity contribution >= 4 is 5.97 Å². The van der Waals surface area contributed by atoms with E-state index in [1.807, 2.05) is 60.7 Å². The third kappa shape index (κ3) is 2.39. The first-order valence-electron chi connectivity index (χ1n) is 6.96. The summed E-state index contributed by atoms with van der Waals surface area (Å²) in [6.07, 6.45) is 2.87. The van der Waals surface area contributed by atoms with Crippen LogP contribution in [0.15, 0.2) is 77.5 Å². The molecule has 4 heteroatoms. The molecule has 1 heterocycles. The average Bonchev–Trinajstić information content (AvgIpc) is 3.09. The third-order valence-electron chi connectivity index (χ3n) is 3.75. The Bertz CT molecular complexity index is 697. The van der Waals surface area contributed by atoms with Crippen LogP contribution < -0.4 is 0 Å². The van der Waals surface area contributed by atoms with Crippen molar-refractivity contribution < 1.29 is 14.3 Å². The van der Waals surface area contributed by atoms with E-state index in [9.17, 15) is 9.90 Å². The van der Waals surface area contributed by atoms with Crippen molar-refractivity contribution in [3.8, 4) is 0 Å². The number of nitrogens with zero attached hydrogens (tertiary/aromatic N) is 1. The predicted molar refractivity (Wildman–Crippen MR) is 81.5 cm³/mol. The van der Waals surface area contributed by atoms with Crippen molar-refractivity contribution in [2.45, 2.75) is 11.8 Å². The molecule has 0 saturated heterocycles. The number of rotatable bonds is 5. The van der Waals surface area contributed by atoms with Crippen molar-refractivity contribution in [1.29, 1.82) is 0 Å². The fourth-order valence-corrected chi connectivity index (χ4v) is 2.80. The van der Waals surface area contributed by atoms with Crippen LogP contribution in [0.5, 0.6) is 0 Å². The fourth-order valence-electron chi connectivity index (χ4n) is 2.80. The van der Waals surface area contributed by atoms with Gasteiger partial charge in [0.2, 0.25) is 5.89 Å². The van der Waals surface area contributed by atoms with E-state index in [4.69, 9.17) is 4.42 Å². The molecule has 0 fully saturated rings. The van der Waals surface area contributed by atoms with Crippen molar-refractivity contribution in [3.05, 3.63) is 90.1 Å². The lowest BCUT2D eigenvalue weighted by atomic mass is 9.72. The molecule has 0 spiro atoms. The smallest absolute Gasteiger partial charge is 0.305 e. The third-order valence-corrected chi connectivity index (χ3v) is 3.75. The second kappa shape index (κ2) is 5.85. The quantitative estimate of drug-likeness (QED) is 0.782.